The number of rotatable bonds is 7. The highest BCUT2D eigenvalue weighted by Gasteiger charge is 2.37. The maximum atomic E-state index is 13.6. The summed E-state index contributed by atoms with van der Waals surface area (Å²) in [5.74, 6) is -0.153. The van der Waals surface area contributed by atoms with Gasteiger partial charge in [-0.25, -0.2) is 12.8 Å². The number of hydrogen-bond donors (Lipinski definition) is 1. The molecule has 1 heterocycles. The average molecular weight is 471 g/mol. The van der Waals surface area contributed by atoms with Crippen LogP contribution in [-0.2, 0) is 21.4 Å². The van der Waals surface area contributed by atoms with Gasteiger partial charge in [0.15, 0.2) is 11.5 Å². The Morgan fingerprint density at radius 2 is 1.87 bits per heavy atom. The lowest BCUT2D eigenvalue weighted by atomic mass is 10.1. The van der Waals surface area contributed by atoms with Crippen molar-refractivity contribution in [3.8, 4) is 11.5 Å². The van der Waals surface area contributed by atoms with E-state index in [4.69, 9.17) is 21.1 Å². The number of hydrogen-bond acceptors (Lipinski definition) is 5. The first-order valence-corrected chi connectivity index (χ1v) is 11.5. The van der Waals surface area contributed by atoms with E-state index in [1.807, 2.05) is 0 Å². The molecule has 1 atom stereocenters. The van der Waals surface area contributed by atoms with E-state index in [9.17, 15) is 17.6 Å². The highest BCUT2D eigenvalue weighted by Crippen LogP contribution is 2.31. The highest BCUT2D eigenvalue weighted by atomic mass is 35.5. The lowest BCUT2D eigenvalue weighted by Gasteiger charge is -2.29. The SMILES string of the molecule is COc1ccc(CN(C2CCCCNC2=O)S(=O)(=O)c2ccc(F)c(Cl)c2)cc1OC. The first-order chi connectivity index (χ1) is 14.8. The first-order valence-electron chi connectivity index (χ1n) is 9.73. The van der Waals surface area contributed by atoms with Gasteiger partial charge in [0, 0.05) is 13.1 Å². The fraction of sp³-hybridized carbons (Fsp3) is 0.381. The van der Waals surface area contributed by atoms with Crippen LogP contribution in [0.5, 0.6) is 11.5 Å². The van der Waals surface area contributed by atoms with E-state index < -0.39 is 21.9 Å². The lowest BCUT2D eigenvalue weighted by molar-refractivity contribution is -0.124. The van der Waals surface area contributed by atoms with E-state index in [-0.39, 0.29) is 22.4 Å². The second-order valence-corrected chi connectivity index (χ2v) is 9.42. The zero-order valence-corrected chi connectivity index (χ0v) is 18.8. The Bertz CT molecular complexity index is 1060. The van der Waals surface area contributed by atoms with Crippen molar-refractivity contribution in [3.05, 3.63) is 52.8 Å². The number of sulfonamides is 1. The minimum absolute atomic E-state index is 0.0875. The maximum Gasteiger partial charge on any atom is 0.244 e. The molecular weight excluding hydrogens is 447 g/mol. The van der Waals surface area contributed by atoms with Crippen LogP contribution in [0.25, 0.3) is 0 Å². The Hall–Kier alpha value is -2.36. The van der Waals surface area contributed by atoms with Crippen molar-refractivity contribution in [2.75, 3.05) is 20.8 Å². The minimum Gasteiger partial charge on any atom is -0.493 e. The van der Waals surface area contributed by atoms with Gasteiger partial charge in [-0.2, -0.15) is 4.31 Å². The zero-order chi connectivity index (χ0) is 22.6. The Kier molecular flexibility index (Phi) is 7.40. The molecule has 2 aromatic rings. The average Bonchev–Trinajstić information content (AvgIpc) is 2.97. The Balaban J connectivity index is 2.06. The maximum absolute atomic E-state index is 13.6. The fourth-order valence-corrected chi connectivity index (χ4v) is 5.37. The van der Waals surface area contributed by atoms with Crippen molar-refractivity contribution in [3.63, 3.8) is 0 Å². The molecule has 1 aliphatic rings. The van der Waals surface area contributed by atoms with Crippen LogP contribution in [0.15, 0.2) is 41.3 Å². The van der Waals surface area contributed by atoms with E-state index in [0.717, 1.165) is 28.9 Å². The Labute approximate surface area is 186 Å². The molecule has 0 aromatic heterocycles. The summed E-state index contributed by atoms with van der Waals surface area (Å²) in [5, 5.41) is 2.46. The van der Waals surface area contributed by atoms with E-state index in [0.29, 0.717) is 36.4 Å². The predicted molar refractivity (Wildman–Crippen MR) is 114 cm³/mol. The second kappa shape index (κ2) is 9.84. The van der Waals surface area contributed by atoms with E-state index in [1.54, 1.807) is 18.2 Å². The smallest absolute Gasteiger partial charge is 0.244 e. The Morgan fingerprint density at radius 1 is 1.13 bits per heavy atom. The molecule has 0 aliphatic carbocycles. The molecule has 10 heteroatoms. The molecule has 1 saturated heterocycles. The van der Waals surface area contributed by atoms with Crippen LogP contribution in [0.2, 0.25) is 5.02 Å². The number of amides is 1. The van der Waals surface area contributed by atoms with Crippen molar-refractivity contribution in [1.29, 1.82) is 0 Å². The summed E-state index contributed by atoms with van der Waals surface area (Å²) >= 11 is 5.83. The largest absolute Gasteiger partial charge is 0.493 e. The summed E-state index contributed by atoms with van der Waals surface area (Å²) in [6.07, 6.45) is 1.81. The summed E-state index contributed by atoms with van der Waals surface area (Å²) < 4.78 is 52.4. The standard InChI is InChI=1S/C21H24ClFN2O5S/c1-29-19-9-6-14(11-20(19)30-2)13-25(18-5-3-4-10-24-21(18)26)31(27,28)15-7-8-17(23)16(22)12-15/h6-9,11-12,18H,3-5,10,13H2,1-2H3,(H,24,26). The number of nitrogens with zero attached hydrogens (tertiary/aromatic N) is 1. The number of carbonyl (C=O) groups is 1. The van der Waals surface area contributed by atoms with Crippen molar-refractivity contribution >= 4 is 27.5 Å². The first kappa shape index (κ1) is 23.3. The van der Waals surface area contributed by atoms with Gasteiger partial charge in [0.25, 0.3) is 0 Å². The van der Waals surface area contributed by atoms with Gasteiger partial charge in [0.2, 0.25) is 15.9 Å². The third-order valence-electron chi connectivity index (χ3n) is 5.14. The molecule has 3 rings (SSSR count). The molecule has 168 valence electrons. The molecule has 0 radical (unpaired) electrons. The van der Waals surface area contributed by atoms with Gasteiger partial charge < -0.3 is 14.8 Å². The number of ether oxygens (including phenoxy) is 2. The highest BCUT2D eigenvalue weighted by molar-refractivity contribution is 7.89. The van der Waals surface area contributed by atoms with Crippen molar-refractivity contribution in [2.24, 2.45) is 0 Å². The van der Waals surface area contributed by atoms with Gasteiger partial charge in [-0.3, -0.25) is 4.79 Å². The fourth-order valence-electron chi connectivity index (χ4n) is 3.49. The lowest BCUT2D eigenvalue weighted by Crippen LogP contribution is -2.48. The number of nitrogens with one attached hydrogen (secondary N) is 1. The molecule has 1 aliphatic heterocycles. The predicted octanol–water partition coefficient (Wildman–Crippen LogP) is 3.36. The summed E-state index contributed by atoms with van der Waals surface area (Å²) in [6.45, 7) is 0.401. The molecule has 1 amide bonds. The van der Waals surface area contributed by atoms with E-state index >= 15 is 0 Å². The van der Waals surface area contributed by atoms with Crippen LogP contribution in [0.3, 0.4) is 0 Å². The number of methoxy groups -OCH3 is 2. The van der Waals surface area contributed by atoms with Gasteiger partial charge in [-0.15, -0.1) is 0 Å². The zero-order valence-electron chi connectivity index (χ0n) is 17.2. The van der Waals surface area contributed by atoms with E-state index in [2.05, 4.69) is 5.32 Å². The molecule has 7 nitrogen and oxygen atoms in total. The van der Waals surface area contributed by atoms with Gasteiger partial charge in [-0.1, -0.05) is 17.7 Å². The number of halogens is 2. The van der Waals surface area contributed by atoms with Crippen LogP contribution in [0.1, 0.15) is 24.8 Å². The molecule has 0 spiro atoms. The molecule has 1 fully saturated rings. The number of carbonyl (C=O) groups excluding carboxylic acids is 1. The number of benzene rings is 2. The molecule has 2 aromatic carbocycles. The van der Waals surface area contributed by atoms with Crippen LogP contribution >= 0.6 is 11.6 Å². The summed E-state index contributed by atoms with van der Waals surface area (Å²) in [5.41, 5.74) is 0.603. The minimum atomic E-state index is -4.17. The summed E-state index contributed by atoms with van der Waals surface area (Å²) in [6, 6.07) is 7.32. The van der Waals surface area contributed by atoms with Crippen molar-refractivity contribution in [1.82, 2.24) is 9.62 Å². The van der Waals surface area contributed by atoms with Crippen LogP contribution in [-0.4, -0.2) is 45.4 Å². The molecule has 1 N–H and O–H groups in total. The van der Waals surface area contributed by atoms with Crippen LogP contribution in [0.4, 0.5) is 4.39 Å². The van der Waals surface area contributed by atoms with Gasteiger partial charge in [-0.05, 0) is 55.2 Å². The van der Waals surface area contributed by atoms with Crippen LogP contribution in [0, 0.1) is 5.82 Å². The molecule has 0 bridgehead atoms. The third kappa shape index (κ3) is 5.11. The normalized spacial score (nSPS) is 17.2. The van der Waals surface area contributed by atoms with Gasteiger partial charge >= 0.3 is 0 Å². The van der Waals surface area contributed by atoms with Crippen LogP contribution < -0.4 is 14.8 Å². The summed E-state index contributed by atoms with van der Waals surface area (Å²) in [7, 11) is -1.19. The topological polar surface area (TPSA) is 84.9 Å². The molecular formula is C21H24ClFN2O5S. The second-order valence-electron chi connectivity index (χ2n) is 7.12. The molecule has 1 unspecified atom stereocenters. The monoisotopic (exact) mass is 470 g/mol. The van der Waals surface area contributed by atoms with E-state index in [1.165, 1.54) is 14.2 Å². The van der Waals surface area contributed by atoms with Gasteiger partial charge in [0.05, 0.1) is 24.1 Å². The summed E-state index contributed by atoms with van der Waals surface area (Å²) in [4.78, 5) is 12.5. The molecule has 0 saturated carbocycles. The van der Waals surface area contributed by atoms with Gasteiger partial charge in [0.1, 0.15) is 11.9 Å². The molecule has 31 heavy (non-hydrogen) atoms. The third-order valence-corrected chi connectivity index (χ3v) is 7.28. The quantitative estimate of drug-likeness (QED) is 0.670. The van der Waals surface area contributed by atoms with Crippen molar-refractivity contribution < 1.29 is 27.1 Å². The Morgan fingerprint density at radius 3 is 2.55 bits per heavy atom. The van der Waals surface area contributed by atoms with Crippen molar-refractivity contribution in [2.45, 2.75) is 36.7 Å².